The molecule has 11 atom stereocenters. The van der Waals surface area contributed by atoms with Gasteiger partial charge in [0.15, 0.2) is 0 Å². The number of carbonyl (C=O) groups is 1. The fourth-order valence-corrected chi connectivity index (χ4v) is 9.08. The van der Waals surface area contributed by atoms with Crippen LogP contribution >= 0.6 is 15.9 Å². The summed E-state index contributed by atoms with van der Waals surface area (Å²) in [5, 5.41) is 16.9. The van der Waals surface area contributed by atoms with Crippen LogP contribution in [0.15, 0.2) is 0 Å². The van der Waals surface area contributed by atoms with E-state index in [2.05, 4.69) is 64.3 Å². The number of rotatable bonds is 8. The van der Waals surface area contributed by atoms with Crippen molar-refractivity contribution in [2.75, 3.05) is 13.1 Å². The van der Waals surface area contributed by atoms with Crippen molar-refractivity contribution in [3.63, 3.8) is 0 Å². The number of hydrazine groups is 1. The molecule has 0 bridgehead atoms. The number of hydrogen-bond donors (Lipinski definition) is 3. The van der Waals surface area contributed by atoms with Crippen molar-refractivity contribution in [3.05, 3.63) is 0 Å². The number of alkyl halides is 4. The third-order valence-corrected chi connectivity index (χ3v) is 11.5. The van der Waals surface area contributed by atoms with Crippen LogP contribution in [0.3, 0.4) is 0 Å². The van der Waals surface area contributed by atoms with Gasteiger partial charge in [0.1, 0.15) is 0 Å². The molecule has 11 unspecified atom stereocenters. The monoisotopic (exact) mass is 622 g/mol. The fourth-order valence-electron chi connectivity index (χ4n) is 8.48. The van der Waals surface area contributed by atoms with Gasteiger partial charge in [-0.25, -0.2) is 5.01 Å². The molecule has 0 aromatic rings. The number of halogens is 4. The number of carbonyl (C=O) groups excluding carboxylic acids is 1. The van der Waals surface area contributed by atoms with Gasteiger partial charge in [0.2, 0.25) is 5.91 Å². The number of aliphatic hydroxyl groups is 1. The molecule has 4 aliphatic rings. The molecule has 2 saturated carbocycles. The smallest absolute Gasteiger partial charge is 0.389 e. The molecule has 0 radical (unpaired) electrons. The summed E-state index contributed by atoms with van der Waals surface area (Å²) >= 11 is 3.84. The molecule has 2 saturated heterocycles. The van der Waals surface area contributed by atoms with Crippen LogP contribution in [0.2, 0.25) is 0 Å². The zero-order valence-corrected chi connectivity index (χ0v) is 25.7. The zero-order valence-electron chi connectivity index (χ0n) is 24.1. The molecular formula is C29H50BrF3N4O2. The first-order chi connectivity index (χ1) is 18.5. The topological polar surface area (TPSA) is 67.8 Å². The van der Waals surface area contributed by atoms with Crippen LogP contribution in [0.1, 0.15) is 91.9 Å². The lowest BCUT2D eigenvalue weighted by atomic mass is 9.74. The van der Waals surface area contributed by atoms with Gasteiger partial charge in [0, 0.05) is 47.9 Å². The van der Waals surface area contributed by atoms with Gasteiger partial charge in [-0.2, -0.15) is 13.2 Å². The standard InChI is InChI=1S/C29H50BrF3N4O2/c1-5-8-21-26-22(6-2)36(28(39)19-10-11-20(30)17(4)27(19)34-7-3)14-13-24(26)37(35-21)23-12-9-18(15-25(23)38)16-29(31,32)33/h17-27,34-35,38H,5-16H2,1-4H3. The molecule has 0 aromatic carbocycles. The Labute approximate surface area is 241 Å². The fraction of sp³-hybridized carbons (Fsp3) is 0.966. The molecule has 2 heterocycles. The van der Waals surface area contributed by atoms with Gasteiger partial charge in [-0.05, 0) is 69.7 Å². The first-order valence-electron chi connectivity index (χ1n) is 15.5. The molecule has 2 aliphatic heterocycles. The minimum atomic E-state index is -4.19. The highest BCUT2D eigenvalue weighted by molar-refractivity contribution is 9.09. The second kappa shape index (κ2) is 13.3. The number of nitrogens with one attached hydrogen (secondary N) is 2. The highest BCUT2D eigenvalue weighted by Gasteiger charge is 2.54. The zero-order chi connectivity index (χ0) is 28.5. The Bertz CT molecular complexity index is 820. The average molecular weight is 624 g/mol. The second-order valence-corrected chi connectivity index (χ2v) is 13.8. The molecule has 4 rings (SSSR count). The van der Waals surface area contributed by atoms with Gasteiger partial charge in [-0.15, -0.1) is 0 Å². The van der Waals surface area contributed by atoms with Crippen molar-refractivity contribution < 1.29 is 23.1 Å². The van der Waals surface area contributed by atoms with Crippen LogP contribution in [0, 0.1) is 23.7 Å². The Morgan fingerprint density at radius 3 is 2.46 bits per heavy atom. The highest BCUT2D eigenvalue weighted by atomic mass is 79.9. The highest BCUT2D eigenvalue weighted by Crippen LogP contribution is 2.44. The van der Waals surface area contributed by atoms with Gasteiger partial charge < -0.3 is 15.3 Å². The Morgan fingerprint density at radius 1 is 1.10 bits per heavy atom. The van der Waals surface area contributed by atoms with E-state index in [1.807, 2.05) is 0 Å². The van der Waals surface area contributed by atoms with E-state index in [-0.39, 0.29) is 54.4 Å². The molecule has 4 fully saturated rings. The van der Waals surface area contributed by atoms with Crippen LogP contribution in [-0.2, 0) is 4.79 Å². The first kappa shape index (κ1) is 31.5. The van der Waals surface area contributed by atoms with Crippen LogP contribution < -0.4 is 10.7 Å². The molecule has 1 amide bonds. The van der Waals surface area contributed by atoms with Crippen molar-refractivity contribution in [3.8, 4) is 0 Å². The van der Waals surface area contributed by atoms with E-state index in [4.69, 9.17) is 0 Å². The number of hydrogen-bond acceptors (Lipinski definition) is 5. The summed E-state index contributed by atoms with van der Waals surface area (Å²) in [5.74, 6) is 0.357. The minimum absolute atomic E-state index is 0.0276. The molecular weight excluding hydrogens is 573 g/mol. The quantitative estimate of drug-likeness (QED) is 0.323. The van der Waals surface area contributed by atoms with Crippen molar-refractivity contribution >= 4 is 21.8 Å². The van der Waals surface area contributed by atoms with Gasteiger partial charge in [-0.1, -0.05) is 50.0 Å². The largest absolute Gasteiger partial charge is 0.391 e. The van der Waals surface area contributed by atoms with Crippen molar-refractivity contribution in [1.82, 2.24) is 20.7 Å². The second-order valence-electron chi connectivity index (χ2n) is 12.6. The number of amides is 1. The average Bonchev–Trinajstić information content (AvgIpc) is 3.23. The third kappa shape index (κ3) is 6.81. The van der Waals surface area contributed by atoms with Crippen LogP contribution in [0.5, 0.6) is 0 Å². The van der Waals surface area contributed by atoms with E-state index in [0.29, 0.717) is 30.1 Å². The summed E-state index contributed by atoms with van der Waals surface area (Å²) < 4.78 is 39.0. The number of likely N-dealkylation sites (tertiary alicyclic amines) is 1. The van der Waals surface area contributed by atoms with E-state index < -0.39 is 24.6 Å². The summed E-state index contributed by atoms with van der Waals surface area (Å²) in [6, 6.07) is 0.459. The maximum Gasteiger partial charge on any atom is 0.389 e. The first-order valence-corrected chi connectivity index (χ1v) is 16.4. The Hall–Kier alpha value is -0.420. The number of piperidine rings is 1. The van der Waals surface area contributed by atoms with E-state index in [0.717, 1.165) is 45.1 Å². The van der Waals surface area contributed by atoms with E-state index in [9.17, 15) is 23.1 Å². The lowest BCUT2D eigenvalue weighted by Crippen LogP contribution is -2.61. The maximum absolute atomic E-state index is 14.2. The van der Waals surface area contributed by atoms with Crippen molar-refractivity contribution in [1.29, 1.82) is 0 Å². The molecule has 10 heteroatoms. The Kier molecular flexibility index (Phi) is 10.7. The van der Waals surface area contributed by atoms with Crippen LogP contribution in [0.25, 0.3) is 0 Å². The lowest BCUT2D eigenvalue weighted by molar-refractivity contribution is -0.153. The predicted molar refractivity (Wildman–Crippen MR) is 151 cm³/mol. The normalized spacial score (nSPS) is 42.0. The van der Waals surface area contributed by atoms with E-state index >= 15 is 0 Å². The molecule has 226 valence electrons. The summed E-state index contributed by atoms with van der Waals surface area (Å²) in [6.07, 6.45) is 1.03. The lowest BCUT2D eigenvalue weighted by Gasteiger charge is -2.49. The summed E-state index contributed by atoms with van der Waals surface area (Å²) in [6.45, 7) is 10.2. The van der Waals surface area contributed by atoms with Gasteiger partial charge in [-0.3, -0.25) is 10.2 Å². The van der Waals surface area contributed by atoms with Crippen LogP contribution in [0.4, 0.5) is 13.2 Å². The molecule has 0 spiro atoms. The van der Waals surface area contributed by atoms with Gasteiger partial charge >= 0.3 is 6.18 Å². The number of fused-ring (bicyclic) bond motifs is 1. The Balaban J connectivity index is 1.51. The van der Waals surface area contributed by atoms with Gasteiger partial charge in [0.25, 0.3) is 0 Å². The van der Waals surface area contributed by atoms with E-state index in [1.54, 1.807) is 0 Å². The maximum atomic E-state index is 14.2. The van der Waals surface area contributed by atoms with Crippen molar-refractivity contribution in [2.45, 2.75) is 139 Å². The molecule has 39 heavy (non-hydrogen) atoms. The Morgan fingerprint density at radius 2 is 1.85 bits per heavy atom. The van der Waals surface area contributed by atoms with Crippen molar-refractivity contribution in [2.24, 2.45) is 23.7 Å². The minimum Gasteiger partial charge on any atom is -0.391 e. The summed E-state index contributed by atoms with van der Waals surface area (Å²) in [4.78, 5) is 16.8. The molecule has 3 N–H and O–H groups in total. The van der Waals surface area contributed by atoms with Crippen LogP contribution in [-0.4, -0.2) is 81.3 Å². The molecule has 0 aromatic heterocycles. The SMILES string of the molecule is CCCC1NN(C2CCC(CC(F)(F)F)CC2O)C2CCN(C(=O)C3CCC(Br)C(C)C3NCC)C(CC)C12. The number of aliphatic hydroxyl groups excluding tert-OH is 1. The summed E-state index contributed by atoms with van der Waals surface area (Å²) in [5.41, 5.74) is 3.74. The third-order valence-electron chi connectivity index (χ3n) is 10.2. The van der Waals surface area contributed by atoms with E-state index in [1.165, 1.54) is 0 Å². The van der Waals surface area contributed by atoms with Gasteiger partial charge in [0.05, 0.1) is 18.1 Å². The summed E-state index contributed by atoms with van der Waals surface area (Å²) in [7, 11) is 0. The number of nitrogens with zero attached hydrogens (tertiary/aromatic N) is 2. The predicted octanol–water partition coefficient (Wildman–Crippen LogP) is 5.24. The molecule has 6 nitrogen and oxygen atoms in total. The molecule has 2 aliphatic carbocycles.